The number of carbonyl (C=O) groups excluding carboxylic acids is 1. The van der Waals surface area contributed by atoms with E-state index in [9.17, 15) is 9.18 Å². The molecule has 2 aromatic heterocycles. The van der Waals surface area contributed by atoms with Gasteiger partial charge in [0, 0.05) is 5.56 Å². The van der Waals surface area contributed by atoms with Gasteiger partial charge in [0.25, 0.3) is 0 Å². The van der Waals surface area contributed by atoms with Crippen molar-refractivity contribution in [2.75, 3.05) is 0 Å². The molecule has 0 aliphatic heterocycles. The molecule has 0 spiro atoms. The molecule has 1 aromatic carbocycles. The van der Waals surface area contributed by atoms with Gasteiger partial charge in [0.05, 0.1) is 11.5 Å². The van der Waals surface area contributed by atoms with Crippen molar-refractivity contribution in [1.82, 2.24) is 20.2 Å². The number of Topliss-reactive ketones (excluding diaryl/α,β-unsaturated/α-hetero) is 1. The zero-order valence-corrected chi connectivity index (χ0v) is 13.0. The summed E-state index contributed by atoms with van der Waals surface area (Å²) in [5.74, 6) is 0.239. The average molecular weight is 332 g/mol. The number of aromatic nitrogens is 4. The lowest BCUT2D eigenvalue weighted by Gasteiger charge is -2.09. The number of nitrogens with zero attached hydrogens (tertiary/aromatic N) is 4. The Morgan fingerprint density at radius 1 is 1.35 bits per heavy atom. The number of benzene rings is 1. The van der Waals surface area contributed by atoms with E-state index < -0.39 is 5.25 Å². The summed E-state index contributed by atoms with van der Waals surface area (Å²) in [6, 6.07) is 9.09. The molecule has 3 aromatic rings. The Kier molecular flexibility index (Phi) is 4.52. The molecule has 2 heterocycles. The number of tetrazole rings is 1. The van der Waals surface area contributed by atoms with Crippen LogP contribution < -0.4 is 0 Å². The van der Waals surface area contributed by atoms with E-state index in [1.807, 2.05) is 6.07 Å². The molecule has 0 fully saturated rings. The molecule has 0 radical (unpaired) electrons. The molecule has 8 heteroatoms. The van der Waals surface area contributed by atoms with Gasteiger partial charge in [-0.2, -0.15) is 0 Å². The molecule has 0 bridgehead atoms. The first-order valence-electron chi connectivity index (χ1n) is 6.88. The molecule has 0 aliphatic rings. The number of thioether (sulfide) groups is 1. The van der Waals surface area contributed by atoms with Crippen molar-refractivity contribution < 1.29 is 13.6 Å². The van der Waals surface area contributed by atoms with E-state index in [-0.39, 0.29) is 11.6 Å². The summed E-state index contributed by atoms with van der Waals surface area (Å²) in [7, 11) is 0. The third-order valence-corrected chi connectivity index (χ3v) is 4.24. The number of furan rings is 1. The molecule has 118 valence electrons. The van der Waals surface area contributed by atoms with Crippen LogP contribution in [-0.4, -0.2) is 31.2 Å². The summed E-state index contributed by atoms with van der Waals surface area (Å²) < 4.78 is 19.8. The highest BCUT2D eigenvalue weighted by Gasteiger charge is 2.20. The van der Waals surface area contributed by atoms with E-state index in [1.54, 1.807) is 23.9 Å². The lowest BCUT2D eigenvalue weighted by Crippen LogP contribution is -2.15. The van der Waals surface area contributed by atoms with Crippen LogP contribution in [-0.2, 0) is 6.54 Å². The number of rotatable bonds is 6. The van der Waals surface area contributed by atoms with Crippen LogP contribution in [0.2, 0.25) is 0 Å². The minimum Gasteiger partial charge on any atom is -0.467 e. The van der Waals surface area contributed by atoms with Gasteiger partial charge in [-0.05, 0) is 53.7 Å². The van der Waals surface area contributed by atoms with E-state index in [0.717, 1.165) is 5.76 Å². The largest absolute Gasteiger partial charge is 0.467 e. The highest BCUT2D eigenvalue weighted by Crippen LogP contribution is 2.24. The van der Waals surface area contributed by atoms with Gasteiger partial charge >= 0.3 is 0 Å². The van der Waals surface area contributed by atoms with Gasteiger partial charge in [-0.3, -0.25) is 4.79 Å². The summed E-state index contributed by atoms with van der Waals surface area (Å²) >= 11 is 1.25. The van der Waals surface area contributed by atoms with Crippen molar-refractivity contribution in [2.24, 2.45) is 0 Å². The molecule has 3 rings (SSSR count). The van der Waals surface area contributed by atoms with Gasteiger partial charge < -0.3 is 4.42 Å². The van der Waals surface area contributed by atoms with Crippen molar-refractivity contribution in [3.05, 3.63) is 59.8 Å². The van der Waals surface area contributed by atoms with Crippen LogP contribution in [0.15, 0.2) is 52.2 Å². The summed E-state index contributed by atoms with van der Waals surface area (Å²) in [5.41, 5.74) is 0.455. The molecule has 1 atom stereocenters. The normalized spacial score (nSPS) is 12.3. The maximum atomic E-state index is 12.9. The van der Waals surface area contributed by atoms with Crippen molar-refractivity contribution in [1.29, 1.82) is 0 Å². The third-order valence-electron chi connectivity index (χ3n) is 3.16. The number of hydrogen-bond acceptors (Lipinski definition) is 6. The smallest absolute Gasteiger partial charge is 0.210 e. The van der Waals surface area contributed by atoms with Crippen molar-refractivity contribution in [2.45, 2.75) is 23.9 Å². The lowest BCUT2D eigenvalue weighted by atomic mass is 10.1. The highest BCUT2D eigenvalue weighted by molar-refractivity contribution is 8.00. The maximum Gasteiger partial charge on any atom is 0.210 e. The Bertz CT molecular complexity index is 786. The van der Waals surface area contributed by atoms with Crippen molar-refractivity contribution in [3.8, 4) is 0 Å². The average Bonchev–Trinajstić information content (AvgIpc) is 3.20. The van der Waals surface area contributed by atoms with E-state index >= 15 is 0 Å². The first kappa shape index (κ1) is 15.4. The first-order chi connectivity index (χ1) is 11.1. The summed E-state index contributed by atoms with van der Waals surface area (Å²) in [5, 5.41) is 11.6. The number of ketones is 1. The Morgan fingerprint density at radius 2 is 2.13 bits per heavy atom. The topological polar surface area (TPSA) is 73.8 Å². The number of halogens is 1. The van der Waals surface area contributed by atoms with Gasteiger partial charge in [-0.1, -0.05) is 11.8 Å². The fourth-order valence-electron chi connectivity index (χ4n) is 1.99. The highest BCUT2D eigenvalue weighted by atomic mass is 32.2. The zero-order valence-electron chi connectivity index (χ0n) is 12.2. The van der Waals surface area contributed by atoms with Gasteiger partial charge in [0.2, 0.25) is 5.16 Å². The lowest BCUT2D eigenvalue weighted by molar-refractivity contribution is 0.0994. The van der Waals surface area contributed by atoms with Gasteiger partial charge in [-0.15, -0.1) is 5.10 Å². The molecular formula is C15H13FN4O2S. The second-order valence-corrected chi connectivity index (χ2v) is 6.14. The monoisotopic (exact) mass is 332 g/mol. The molecule has 0 saturated carbocycles. The van der Waals surface area contributed by atoms with Gasteiger partial charge in [0.1, 0.15) is 18.1 Å². The van der Waals surface area contributed by atoms with Crippen molar-refractivity contribution in [3.63, 3.8) is 0 Å². The van der Waals surface area contributed by atoms with E-state index in [4.69, 9.17) is 4.42 Å². The molecular weight excluding hydrogens is 319 g/mol. The zero-order chi connectivity index (χ0) is 16.2. The van der Waals surface area contributed by atoms with Crippen LogP contribution in [0.3, 0.4) is 0 Å². The summed E-state index contributed by atoms with van der Waals surface area (Å²) in [4.78, 5) is 12.4. The first-order valence-corrected chi connectivity index (χ1v) is 7.76. The standard InChI is InChI=1S/C15H13FN4O2S/c1-10(14(21)11-4-6-12(16)7-5-11)23-15-17-18-19-20(15)9-13-3-2-8-22-13/h2-8,10H,9H2,1H3/t10-/m0/s1. The molecule has 0 saturated heterocycles. The summed E-state index contributed by atoms with van der Waals surface area (Å²) in [6.07, 6.45) is 1.58. The fraction of sp³-hybridized carbons (Fsp3) is 0.200. The van der Waals surface area contributed by atoms with Crippen LogP contribution in [0.25, 0.3) is 0 Å². The Balaban J connectivity index is 1.70. The molecule has 0 unspecified atom stereocenters. The predicted molar refractivity (Wildman–Crippen MR) is 81.7 cm³/mol. The van der Waals surface area contributed by atoms with Gasteiger partial charge in [0.15, 0.2) is 5.78 Å². The van der Waals surface area contributed by atoms with E-state index in [2.05, 4.69) is 15.5 Å². The van der Waals surface area contributed by atoms with E-state index in [0.29, 0.717) is 17.3 Å². The molecule has 23 heavy (non-hydrogen) atoms. The van der Waals surface area contributed by atoms with Gasteiger partial charge in [-0.25, -0.2) is 9.07 Å². The van der Waals surface area contributed by atoms with Crippen molar-refractivity contribution >= 4 is 17.5 Å². The fourth-order valence-corrected chi connectivity index (χ4v) is 2.86. The molecule has 6 nitrogen and oxygen atoms in total. The molecule has 0 aliphatic carbocycles. The summed E-state index contributed by atoms with van der Waals surface area (Å²) in [6.45, 7) is 2.15. The predicted octanol–water partition coefficient (Wildman–Crippen LogP) is 2.82. The second-order valence-electron chi connectivity index (χ2n) is 4.83. The van der Waals surface area contributed by atoms with Crippen LogP contribution in [0, 0.1) is 5.82 Å². The Labute approximate surface area is 135 Å². The van der Waals surface area contributed by atoms with E-state index in [1.165, 1.54) is 36.0 Å². The third kappa shape index (κ3) is 3.65. The maximum absolute atomic E-state index is 12.9. The Morgan fingerprint density at radius 3 is 2.83 bits per heavy atom. The van der Waals surface area contributed by atoms with Crippen LogP contribution in [0.5, 0.6) is 0 Å². The minimum absolute atomic E-state index is 0.109. The van der Waals surface area contributed by atoms with Crippen LogP contribution in [0.4, 0.5) is 4.39 Å². The SMILES string of the molecule is C[C@H](Sc1nnnn1Cc1ccco1)C(=O)c1ccc(F)cc1. The number of carbonyl (C=O) groups is 1. The van der Waals surface area contributed by atoms with Crippen LogP contribution >= 0.6 is 11.8 Å². The number of hydrogen-bond donors (Lipinski definition) is 0. The minimum atomic E-state index is -0.401. The molecule has 0 N–H and O–H groups in total. The second kappa shape index (κ2) is 6.74. The molecule has 0 amide bonds. The Hall–Kier alpha value is -2.48. The quantitative estimate of drug-likeness (QED) is 0.510. The van der Waals surface area contributed by atoms with Crippen LogP contribution in [0.1, 0.15) is 23.0 Å².